The van der Waals surface area contributed by atoms with Crippen LogP contribution in [0.15, 0.2) is 76.3 Å². The van der Waals surface area contributed by atoms with Crippen molar-refractivity contribution in [2.45, 2.75) is 0 Å². The second-order valence-corrected chi connectivity index (χ2v) is 8.27. The first-order valence-electron chi connectivity index (χ1n) is 8.29. The molecule has 0 radical (unpaired) electrons. The number of halogens is 3. The summed E-state index contributed by atoms with van der Waals surface area (Å²) >= 11 is 11.3. The molecule has 0 aliphatic rings. The number of nitrogens with one attached hydrogen (secondary N) is 1. The van der Waals surface area contributed by atoms with Crippen LogP contribution in [0.25, 0.3) is 0 Å². The fourth-order valence-corrected chi connectivity index (χ4v) is 3.46. The smallest absolute Gasteiger partial charge is 0.343 e. The van der Waals surface area contributed by atoms with Crippen LogP contribution in [-0.4, -0.2) is 18.1 Å². The molecule has 0 saturated carbocycles. The lowest BCUT2D eigenvalue weighted by Crippen LogP contribution is -2.18. The Kier molecular flexibility index (Phi) is 7.40. The van der Waals surface area contributed by atoms with Crippen molar-refractivity contribution in [1.29, 1.82) is 0 Å². The molecule has 1 amide bonds. The van der Waals surface area contributed by atoms with Gasteiger partial charge in [-0.25, -0.2) is 10.2 Å². The number of rotatable bonds is 5. The molecule has 0 fully saturated rings. The Labute approximate surface area is 194 Å². The maximum atomic E-state index is 12.4. The first-order valence-corrected chi connectivity index (χ1v) is 10.5. The first-order chi connectivity index (χ1) is 13.9. The van der Waals surface area contributed by atoms with E-state index in [2.05, 4.69) is 49.0 Å². The van der Waals surface area contributed by atoms with Crippen LogP contribution >= 0.6 is 50.1 Å². The molecule has 0 aromatic heterocycles. The molecule has 0 unspecified atom stereocenters. The number of carbonyl (C=O) groups is 2. The number of ether oxygens (including phenoxy) is 1. The van der Waals surface area contributed by atoms with Crippen molar-refractivity contribution >= 4 is 68.2 Å². The van der Waals surface area contributed by atoms with Crippen LogP contribution in [0, 0.1) is 3.57 Å². The first kappa shape index (κ1) is 21.5. The van der Waals surface area contributed by atoms with Crippen LogP contribution in [0.3, 0.4) is 0 Å². The third-order valence-corrected chi connectivity index (χ3v) is 5.43. The van der Waals surface area contributed by atoms with Crippen molar-refractivity contribution in [3.8, 4) is 5.75 Å². The molecule has 0 atom stereocenters. The Bertz CT molecular complexity index is 1090. The summed E-state index contributed by atoms with van der Waals surface area (Å²) in [5.41, 5.74) is 3.89. The number of carbonyl (C=O) groups excluding carboxylic acids is 2. The number of hydrogen-bond donors (Lipinski definition) is 1. The van der Waals surface area contributed by atoms with Crippen molar-refractivity contribution in [2.75, 3.05) is 0 Å². The van der Waals surface area contributed by atoms with Gasteiger partial charge in [0.15, 0.2) is 0 Å². The highest BCUT2D eigenvalue weighted by molar-refractivity contribution is 14.1. The van der Waals surface area contributed by atoms with E-state index in [-0.39, 0.29) is 5.91 Å². The molecule has 0 spiro atoms. The van der Waals surface area contributed by atoms with Crippen LogP contribution < -0.4 is 10.2 Å². The Morgan fingerprint density at radius 2 is 1.79 bits per heavy atom. The maximum Gasteiger partial charge on any atom is 0.343 e. The van der Waals surface area contributed by atoms with Crippen LogP contribution in [0.4, 0.5) is 0 Å². The molecule has 3 rings (SSSR count). The van der Waals surface area contributed by atoms with Crippen LogP contribution in [0.5, 0.6) is 5.75 Å². The Balaban J connectivity index is 1.75. The summed E-state index contributed by atoms with van der Waals surface area (Å²) in [7, 11) is 0. The molecule has 0 aliphatic carbocycles. The van der Waals surface area contributed by atoms with E-state index in [4.69, 9.17) is 16.3 Å². The quantitative estimate of drug-likeness (QED) is 0.138. The molecule has 146 valence electrons. The zero-order valence-electron chi connectivity index (χ0n) is 14.7. The average molecular weight is 584 g/mol. The topological polar surface area (TPSA) is 67.8 Å². The molecular formula is C21H13BrClIN2O3. The van der Waals surface area contributed by atoms with Gasteiger partial charge >= 0.3 is 5.97 Å². The molecule has 0 heterocycles. The fourth-order valence-electron chi connectivity index (χ4n) is 2.32. The number of hydrogen-bond acceptors (Lipinski definition) is 4. The lowest BCUT2D eigenvalue weighted by molar-refractivity contribution is 0.0734. The number of nitrogens with zero attached hydrogens (tertiary/aromatic N) is 1. The van der Waals surface area contributed by atoms with E-state index in [0.717, 1.165) is 8.04 Å². The van der Waals surface area contributed by atoms with Gasteiger partial charge in [0.25, 0.3) is 5.91 Å². The summed E-state index contributed by atoms with van der Waals surface area (Å²) < 4.78 is 7.07. The van der Waals surface area contributed by atoms with Crippen molar-refractivity contribution < 1.29 is 14.3 Å². The normalized spacial score (nSPS) is 10.7. The Morgan fingerprint density at radius 3 is 2.52 bits per heavy atom. The van der Waals surface area contributed by atoms with Crippen molar-refractivity contribution in [3.05, 3.63) is 96.5 Å². The molecule has 5 nitrogen and oxygen atoms in total. The molecule has 3 aromatic rings. The van der Waals surface area contributed by atoms with Gasteiger partial charge in [-0.3, -0.25) is 4.79 Å². The van der Waals surface area contributed by atoms with E-state index in [9.17, 15) is 9.59 Å². The lowest BCUT2D eigenvalue weighted by atomic mass is 10.2. The summed E-state index contributed by atoms with van der Waals surface area (Å²) in [5, 5.41) is 4.52. The highest BCUT2D eigenvalue weighted by atomic mass is 127. The monoisotopic (exact) mass is 582 g/mol. The predicted octanol–water partition coefficient (Wildman–Crippen LogP) is 5.69. The highest BCUT2D eigenvalue weighted by Gasteiger charge is 2.12. The summed E-state index contributed by atoms with van der Waals surface area (Å²) in [6.07, 6.45) is 1.42. The number of hydrazone groups is 1. The molecule has 29 heavy (non-hydrogen) atoms. The van der Waals surface area contributed by atoms with Gasteiger partial charge in [0, 0.05) is 18.6 Å². The minimum Gasteiger partial charge on any atom is -0.422 e. The van der Waals surface area contributed by atoms with Gasteiger partial charge in [-0.05, 0) is 77.2 Å². The van der Waals surface area contributed by atoms with Gasteiger partial charge in [0.2, 0.25) is 0 Å². The van der Waals surface area contributed by atoms with Crippen molar-refractivity contribution in [1.82, 2.24) is 5.43 Å². The van der Waals surface area contributed by atoms with Crippen LogP contribution in [0.1, 0.15) is 26.3 Å². The van der Waals surface area contributed by atoms with Gasteiger partial charge in [0.05, 0.1) is 17.3 Å². The second kappa shape index (κ2) is 10.00. The molecule has 8 heteroatoms. The predicted molar refractivity (Wildman–Crippen MR) is 125 cm³/mol. The third kappa shape index (κ3) is 5.88. The molecule has 3 aromatic carbocycles. The van der Waals surface area contributed by atoms with Gasteiger partial charge in [-0.15, -0.1) is 0 Å². The maximum absolute atomic E-state index is 12.4. The van der Waals surface area contributed by atoms with Gasteiger partial charge < -0.3 is 4.74 Å². The largest absolute Gasteiger partial charge is 0.422 e. The summed E-state index contributed by atoms with van der Waals surface area (Å²) in [6, 6.07) is 18.7. The highest BCUT2D eigenvalue weighted by Crippen LogP contribution is 2.23. The zero-order chi connectivity index (χ0) is 20.8. The third-order valence-electron chi connectivity index (χ3n) is 3.74. The summed E-state index contributed by atoms with van der Waals surface area (Å²) in [5.74, 6) is -0.553. The minimum atomic E-state index is -0.526. The summed E-state index contributed by atoms with van der Waals surface area (Å²) in [4.78, 5) is 24.6. The standard InChI is InChI=1S/C21H13BrClIN2O3/c22-15-7-10-19(29-21(28)13-5-8-16(23)9-6-13)14(11-15)12-25-26-20(27)17-3-1-2-4-18(17)24/h1-12H,(H,26,27). The Morgan fingerprint density at radius 1 is 1.07 bits per heavy atom. The van der Waals surface area contributed by atoms with Crippen LogP contribution in [0.2, 0.25) is 5.02 Å². The molecule has 0 bridgehead atoms. The van der Waals surface area contributed by atoms with Crippen molar-refractivity contribution in [3.63, 3.8) is 0 Å². The number of esters is 1. The van der Waals surface area contributed by atoms with E-state index >= 15 is 0 Å². The van der Waals surface area contributed by atoms with E-state index in [0.29, 0.717) is 27.5 Å². The van der Waals surface area contributed by atoms with E-state index < -0.39 is 5.97 Å². The summed E-state index contributed by atoms with van der Waals surface area (Å²) in [6.45, 7) is 0. The average Bonchev–Trinajstić information content (AvgIpc) is 2.70. The van der Waals surface area contributed by atoms with E-state index in [1.165, 1.54) is 6.21 Å². The SMILES string of the molecule is O=C(Oc1ccc(Br)cc1C=NNC(=O)c1ccccc1I)c1ccc(Cl)cc1. The minimum absolute atomic E-state index is 0.306. The molecule has 0 saturated heterocycles. The van der Waals surface area contributed by atoms with Gasteiger partial charge in [-0.2, -0.15) is 5.10 Å². The molecular weight excluding hydrogens is 571 g/mol. The van der Waals surface area contributed by atoms with E-state index in [1.807, 2.05) is 12.1 Å². The van der Waals surface area contributed by atoms with E-state index in [1.54, 1.807) is 54.6 Å². The molecule has 1 N–H and O–H groups in total. The van der Waals surface area contributed by atoms with Crippen molar-refractivity contribution in [2.24, 2.45) is 5.10 Å². The fraction of sp³-hybridized carbons (Fsp3) is 0. The van der Waals surface area contributed by atoms with Gasteiger partial charge in [0.1, 0.15) is 5.75 Å². The second-order valence-electron chi connectivity index (χ2n) is 5.76. The zero-order valence-corrected chi connectivity index (χ0v) is 19.2. The van der Waals surface area contributed by atoms with Gasteiger partial charge in [-0.1, -0.05) is 39.7 Å². The lowest BCUT2D eigenvalue weighted by Gasteiger charge is -2.08. The number of amides is 1. The Hall–Kier alpha value is -2.23. The molecule has 0 aliphatic heterocycles. The number of benzene rings is 3. The van der Waals surface area contributed by atoms with Crippen LogP contribution in [-0.2, 0) is 0 Å².